The molecule has 114 valence electrons. The second-order valence-corrected chi connectivity index (χ2v) is 5.53. The maximum absolute atomic E-state index is 10.4. The monoisotopic (exact) mass is 273 g/mol. The lowest BCUT2D eigenvalue weighted by Crippen LogP contribution is -2.52. The van der Waals surface area contributed by atoms with Crippen molar-refractivity contribution in [2.75, 3.05) is 26.3 Å². The second-order valence-electron chi connectivity index (χ2n) is 5.53. The molecule has 4 nitrogen and oxygen atoms in total. The van der Waals surface area contributed by atoms with E-state index in [1.807, 2.05) is 6.92 Å². The summed E-state index contributed by atoms with van der Waals surface area (Å²) in [5, 5.41) is 20.3. The lowest BCUT2D eigenvalue weighted by molar-refractivity contribution is -0.0684. The standard InChI is InChI=1S/C15H31NO3/c1-3-5-6-7-8-13(15(18)14(17)4-2)16-9-11-19-12-10-16/h13-15,17-18H,3-12H2,1-2H3. The molecule has 1 saturated heterocycles. The van der Waals surface area contributed by atoms with E-state index in [4.69, 9.17) is 4.74 Å². The number of unbranched alkanes of at least 4 members (excludes halogenated alkanes) is 3. The molecule has 1 rings (SSSR count). The average molecular weight is 273 g/mol. The van der Waals surface area contributed by atoms with Crippen LogP contribution in [0.3, 0.4) is 0 Å². The molecule has 0 aromatic heterocycles. The molecule has 19 heavy (non-hydrogen) atoms. The van der Waals surface area contributed by atoms with E-state index in [0.717, 1.165) is 39.1 Å². The van der Waals surface area contributed by atoms with E-state index in [1.165, 1.54) is 19.3 Å². The number of aliphatic hydroxyl groups excluding tert-OH is 2. The van der Waals surface area contributed by atoms with Crippen molar-refractivity contribution in [3.05, 3.63) is 0 Å². The van der Waals surface area contributed by atoms with Crippen molar-refractivity contribution in [2.24, 2.45) is 0 Å². The Balaban J connectivity index is 2.50. The van der Waals surface area contributed by atoms with Crippen molar-refractivity contribution in [1.82, 2.24) is 4.90 Å². The Morgan fingerprint density at radius 1 is 1.05 bits per heavy atom. The van der Waals surface area contributed by atoms with Crippen LogP contribution in [0.2, 0.25) is 0 Å². The van der Waals surface area contributed by atoms with Crippen LogP contribution in [0, 0.1) is 0 Å². The van der Waals surface area contributed by atoms with Crippen molar-refractivity contribution in [2.45, 2.75) is 70.6 Å². The van der Waals surface area contributed by atoms with E-state index in [0.29, 0.717) is 6.42 Å². The van der Waals surface area contributed by atoms with Crippen molar-refractivity contribution < 1.29 is 14.9 Å². The summed E-state index contributed by atoms with van der Waals surface area (Å²) < 4.78 is 5.37. The molecule has 1 fully saturated rings. The Labute approximate surface area is 117 Å². The third-order valence-electron chi connectivity index (χ3n) is 4.07. The van der Waals surface area contributed by atoms with Crippen LogP contribution >= 0.6 is 0 Å². The predicted octanol–water partition coefficient (Wildman–Crippen LogP) is 1.79. The number of hydrogen-bond acceptors (Lipinski definition) is 4. The fraction of sp³-hybridized carbons (Fsp3) is 1.00. The van der Waals surface area contributed by atoms with Gasteiger partial charge in [-0.2, -0.15) is 0 Å². The fourth-order valence-electron chi connectivity index (χ4n) is 2.76. The van der Waals surface area contributed by atoms with Crippen LogP contribution in [0.1, 0.15) is 52.4 Å². The van der Waals surface area contributed by atoms with Crippen molar-refractivity contribution >= 4 is 0 Å². The summed E-state index contributed by atoms with van der Waals surface area (Å²) in [6, 6.07) is 0.0794. The van der Waals surface area contributed by atoms with Gasteiger partial charge in [-0.25, -0.2) is 0 Å². The van der Waals surface area contributed by atoms with Crippen molar-refractivity contribution in [3.8, 4) is 0 Å². The first-order valence-corrected chi connectivity index (χ1v) is 7.88. The average Bonchev–Trinajstić information content (AvgIpc) is 2.47. The summed E-state index contributed by atoms with van der Waals surface area (Å²) >= 11 is 0. The smallest absolute Gasteiger partial charge is 0.0953 e. The van der Waals surface area contributed by atoms with Gasteiger partial charge in [0.15, 0.2) is 0 Å². The minimum atomic E-state index is -0.635. The number of rotatable bonds is 9. The molecule has 0 radical (unpaired) electrons. The van der Waals surface area contributed by atoms with E-state index in [1.54, 1.807) is 0 Å². The Morgan fingerprint density at radius 2 is 1.74 bits per heavy atom. The highest BCUT2D eigenvalue weighted by molar-refractivity contribution is 4.84. The van der Waals surface area contributed by atoms with Gasteiger partial charge >= 0.3 is 0 Å². The van der Waals surface area contributed by atoms with Crippen LogP contribution in [0.25, 0.3) is 0 Å². The third kappa shape index (κ3) is 5.78. The Morgan fingerprint density at radius 3 is 2.32 bits per heavy atom. The predicted molar refractivity (Wildman–Crippen MR) is 77.2 cm³/mol. The SMILES string of the molecule is CCCCCCC(C(O)C(O)CC)N1CCOCC1. The minimum Gasteiger partial charge on any atom is -0.390 e. The molecule has 0 aromatic rings. The summed E-state index contributed by atoms with van der Waals surface area (Å²) in [7, 11) is 0. The normalized spacial score (nSPS) is 22.1. The fourth-order valence-corrected chi connectivity index (χ4v) is 2.76. The number of aliphatic hydroxyl groups is 2. The van der Waals surface area contributed by atoms with Gasteiger partial charge in [-0.05, 0) is 12.8 Å². The number of ether oxygens (including phenoxy) is 1. The summed E-state index contributed by atoms with van der Waals surface area (Å²) in [6.07, 6.45) is 5.15. The zero-order valence-corrected chi connectivity index (χ0v) is 12.6. The van der Waals surface area contributed by atoms with Crippen LogP contribution in [0.15, 0.2) is 0 Å². The van der Waals surface area contributed by atoms with Gasteiger partial charge in [0.25, 0.3) is 0 Å². The minimum absolute atomic E-state index is 0.0794. The van der Waals surface area contributed by atoms with Crippen LogP contribution in [0.4, 0.5) is 0 Å². The zero-order valence-electron chi connectivity index (χ0n) is 12.6. The highest BCUT2D eigenvalue weighted by Crippen LogP contribution is 2.19. The van der Waals surface area contributed by atoms with Crippen LogP contribution in [-0.4, -0.2) is 59.7 Å². The van der Waals surface area contributed by atoms with E-state index in [-0.39, 0.29) is 6.04 Å². The van der Waals surface area contributed by atoms with E-state index < -0.39 is 12.2 Å². The van der Waals surface area contributed by atoms with Gasteiger partial charge in [0.1, 0.15) is 0 Å². The summed E-state index contributed by atoms with van der Waals surface area (Å²) in [5.41, 5.74) is 0. The van der Waals surface area contributed by atoms with Crippen LogP contribution < -0.4 is 0 Å². The molecule has 1 aliphatic rings. The maximum Gasteiger partial charge on any atom is 0.0953 e. The van der Waals surface area contributed by atoms with Gasteiger partial charge in [0.05, 0.1) is 25.4 Å². The Kier molecular flexibility index (Phi) is 8.62. The van der Waals surface area contributed by atoms with Crippen LogP contribution in [-0.2, 0) is 4.74 Å². The molecular weight excluding hydrogens is 242 g/mol. The summed E-state index contributed by atoms with van der Waals surface area (Å²) in [6.45, 7) is 7.33. The Bertz CT molecular complexity index is 217. The van der Waals surface area contributed by atoms with Gasteiger partial charge in [-0.1, -0.05) is 39.5 Å². The molecule has 4 heteroatoms. The molecular formula is C15H31NO3. The van der Waals surface area contributed by atoms with E-state index >= 15 is 0 Å². The first-order chi connectivity index (χ1) is 9.20. The number of morpholine rings is 1. The molecule has 1 aliphatic heterocycles. The molecule has 0 aromatic carbocycles. The molecule has 2 N–H and O–H groups in total. The van der Waals surface area contributed by atoms with Crippen molar-refractivity contribution in [1.29, 1.82) is 0 Å². The number of hydrogen-bond donors (Lipinski definition) is 2. The van der Waals surface area contributed by atoms with E-state index in [9.17, 15) is 10.2 Å². The topological polar surface area (TPSA) is 52.9 Å². The van der Waals surface area contributed by atoms with Crippen LogP contribution in [0.5, 0.6) is 0 Å². The first kappa shape index (κ1) is 16.9. The molecule has 1 heterocycles. The third-order valence-corrected chi connectivity index (χ3v) is 4.07. The largest absolute Gasteiger partial charge is 0.390 e. The van der Waals surface area contributed by atoms with Gasteiger partial charge in [-0.15, -0.1) is 0 Å². The summed E-state index contributed by atoms with van der Waals surface area (Å²) in [4.78, 5) is 2.29. The lowest BCUT2D eigenvalue weighted by atomic mass is 9.96. The molecule has 0 spiro atoms. The highest BCUT2D eigenvalue weighted by Gasteiger charge is 2.30. The second kappa shape index (κ2) is 9.70. The van der Waals surface area contributed by atoms with Gasteiger partial charge < -0.3 is 14.9 Å². The zero-order chi connectivity index (χ0) is 14.1. The Hall–Kier alpha value is -0.160. The van der Waals surface area contributed by atoms with Gasteiger partial charge in [0.2, 0.25) is 0 Å². The maximum atomic E-state index is 10.4. The highest BCUT2D eigenvalue weighted by atomic mass is 16.5. The molecule has 0 bridgehead atoms. The molecule has 3 unspecified atom stereocenters. The van der Waals surface area contributed by atoms with Gasteiger partial charge in [-0.3, -0.25) is 4.90 Å². The number of nitrogens with zero attached hydrogens (tertiary/aromatic N) is 1. The molecule has 0 saturated carbocycles. The lowest BCUT2D eigenvalue weighted by Gasteiger charge is -2.38. The van der Waals surface area contributed by atoms with Gasteiger partial charge in [0, 0.05) is 19.1 Å². The first-order valence-electron chi connectivity index (χ1n) is 7.88. The van der Waals surface area contributed by atoms with Crippen molar-refractivity contribution in [3.63, 3.8) is 0 Å². The van der Waals surface area contributed by atoms with E-state index in [2.05, 4.69) is 11.8 Å². The molecule has 0 aliphatic carbocycles. The quantitative estimate of drug-likeness (QED) is 0.629. The summed E-state index contributed by atoms with van der Waals surface area (Å²) in [5.74, 6) is 0. The molecule has 0 amide bonds. The molecule has 3 atom stereocenters.